The molecule has 0 radical (unpaired) electrons. The molecule has 0 spiro atoms. The molecule has 2 aromatic rings. The van der Waals surface area contributed by atoms with E-state index >= 15 is 0 Å². The van der Waals surface area contributed by atoms with Gasteiger partial charge in [-0.1, -0.05) is 39.8 Å². The molecule has 0 saturated carbocycles. The molecule has 28 heavy (non-hydrogen) atoms. The van der Waals surface area contributed by atoms with E-state index in [2.05, 4.69) is 15.9 Å². The van der Waals surface area contributed by atoms with Crippen LogP contribution < -0.4 is 9.47 Å². The maximum absolute atomic E-state index is 13.1. The van der Waals surface area contributed by atoms with E-state index in [0.717, 1.165) is 21.8 Å². The third kappa shape index (κ3) is 4.50. The molecular formula is C20H19BrFNO4S. The first kappa shape index (κ1) is 20.7. The number of halogens is 2. The standard InChI is InChI=1S/C20H19BrFNO4S/c1-3-27-17-10-15(21)13(8-16(17)26-2)9-18-19(24)23(20(25)28-18)11-12-4-6-14(22)7-5-12/h4-8,10,18H,3,9,11H2,1-2H3/t18-/m0/s1. The fourth-order valence-corrected chi connectivity index (χ4v) is 4.40. The molecule has 0 aliphatic carbocycles. The number of imide groups is 1. The van der Waals surface area contributed by atoms with E-state index in [0.29, 0.717) is 30.1 Å². The van der Waals surface area contributed by atoms with Crippen LogP contribution >= 0.6 is 27.7 Å². The van der Waals surface area contributed by atoms with Crippen molar-refractivity contribution in [3.05, 3.63) is 57.8 Å². The Balaban J connectivity index is 1.75. The van der Waals surface area contributed by atoms with Gasteiger partial charge in [0.2, 0.25) is 5.91 Å². The monoisotopic (exact) mass is 467 g/mol. The van der Waals surface area contributed by atoms with Crippen LogP contribution in [0.3, 0.4) is 0 Å². The lowest BCUT2D eigenvalue weighted by atomic mass is 10.1. The van der Waals surface area contributed by atoms with Gasteiger partial charge in [-0.15, -0.1) is 0 Å². The van der Waals surface area contributed by atoms with Crippen LogP contribution in [0.2, 0.25) is 0 Å². The number of amides is 2. The Hall–Kier alpha value is -2.06. The van der Waals surface area contributed by atoms with Crippen LogP contribution in [0, 0.1) is 5.82 Å². The molecule has 1 aliphatic heterocycles. The lowest BCUT2D eigenvalue weighted by Gasteiger charge is -2.16. The van der Waals surface area contributed by atoms with Crippen LogP contribution in [-0.2, 0) is 17.8 Å². The smallest absolute Gasteiger partial charge is 0.289 e. The van der Waals surface area contributed by atoms with E-state index in [9.17, 15) is 14.0 Å². The van der Waals surface area contributed by atoms with Crippen LogP contribution in [-0.4, -0.2) is 35.0 Å². The predicted octanol–water partition coefficient (Wildman–Crippen LogP) is 4.80. The molecule has 0 unspecified atom stereocenters. The first-order valence-electron chi connectivity index (χ1n) is 8.68. The van der Waals surface area contributed by atoms with Crippen molar-refractivity contribution in [3.63, 3.8) is 0 Å². The zero-order chi connectivity index (χ0) is 20.3. The van der Waals surface area contributed by atoms with Gasteiger partial charge in [-0.3, -0.25) is 14.5 Å². The van der Waals surface area contributed by atoms with E-state index in [4.69, 9.17) is 9.47 Å². The average Bonchev–Trinajstić information content (AvgIpc) is 2.93. The second-order valence-electron chi connectivity index (χ2n) is 6.15. The van der Waals surface area contributed by atoms with Crippen LogP contribution in [0.1, 0.15) is 18.1 Å². The third-order valence-electron chi connectivity index (χ3n) is 4.30. The number of benzene rings is 2. The van der Waals surface area contributed by atoms with Crippen molar-refractivity contribution in [1.82, 2.24) is 4.90 Å². The summed E-state index contributed by atoms with van der Waals surface area (Å²) in [5, 5.41) is -0.819. The molecule has 5 nitrogen and oxygen atoms in total. The number of rotatable bonds is 7. The summed E-state index contributed by atoms with van der Waals surface area (Å²) in [6.45, 7) is 2.53. The quantitative estimate of drug-likeness (QED) is 0.585. The molecular weight excluding hydrogens is 449 g/mol. The number of nitrogens with zero attached hydrogens (tertiary/aromatic N) is 1. The number of hydrogen-bond donors (Lipinski definition) is 0. The number of hydrogen-bond acceptors (Lipinski definition) is 5. The highest BCUT2D eigenvalue weighted by Crippen LogP contribution is 2.37. The highest BCUT2D eigenvalue weighted by molar-refractivity contribution is 9.10. The van der Waals surface area contributed by atoms with Crippen molar-refractivity contribution in [2.45, 2.75) is 25.1 Å². The number of ether oxygens (including phenoxy) is 2. The van der Waals surface area contributed by atoms with Crippen LogP contribution in [0.15, 0.2) is 40.9 Å². The van der Waals surface area contributed by atoms with Gasteiger partial charge >= 0.3 is 0 Å². The minimum absolute atomic E-state index is 0.134. The Labute approximate surface area is 175 Å². The van der Waals surface area contributed by atoms with Crippen LogP contribution in [0.4, 0.5) is 9.18 Å². The first-order valence-corrected chi connectivity index (χ1v) is 10.4. The molecule has 1 fully saturated rings. The highest BCUT2D eigenvalue weighted by atomic mass is 79.9. The molecule has 8 heteroatoms. The van der Waals surface area contributed by atoms with Gasteiger partial charge in [0.05, 0.1) is 25.5 Å². The maximum atomic E-state index is 13.1. The van der Waals surface area contributed by atoms with E-state index in [1.54, 1.807) is 25.3 Å². The minimum atomic E-state index is -0.521. The largest absolute Gasteiger partial charge is 0.493 e. The Bertz CT molecular complexity index is 891. The molecule has 1 atom stereocenters. The molecule has 3 rings (SSSR count). The summed E-state index contributed by atoms with van der Waals surface area (Å²) < 4.78 is 24.8. The van der Waals surface area contributed by atoms with Crippen molar-refractivity contribution in [2.75, 3.05) is 13.7 Å². The van der Waals surface area contributed by atoms with Crippen molar-refractivity contribution < 1.29 is 23.5 Å². The summed E-state index contributed by atoms with van der Waals surface area (Å²) in [5.41, 5.74) is 1.55. The van der Waals surface area contributed by atoms with Crippen molar-refractivity contribution in [3.8, 4) is 11.5 Å². The van der Waals surface area contributed by atoms with E-state index in [1.807, 2.05) is 13.0 Å². The molecule has 2 aromatic carbocycles. The van der Waals surface area contributed by atoms with Gasteiger partial charge in [-0.25, -0.2) is 4.39 Å². The molecule has 0 aromatic heterocycles. The lowest BCUT2D eigenvalue weighted by molar-refractivity contribution is -0.127. The highest BCUT2D eigenvalue weighted by Gasteiger charge is 2.39. The summed E-state index contributed by atoms with van der Waals surface area (Å²) in [4.78, 5) is 26.3. The van der Waals surface area contributed by atoms with E-state index in [1.165, 1.54) is 17.0 Å². The third-order valence-corrected chi connectivity index (χ3v) is 6.11. The fourth-order valence-electron chi connectivity index (χ4n) is 2.90. The molecule has 1 heterocycles. The average molecular weight is 468 g/mol. The number of methoxy groups -OCH3 is 1. The van der Waals surface area contributed by atoms with Gasteiger partial charge in [0.1, 0.15) is 5.82 Å². The summed E-state index contributed by atoms with van der Waals surface area (Å²) >= 11 is 4.51. The summed E-state index contributed by atoms with van der Waals surface area (Å²) in [6, 6.07) is 9.39. The van der Waals surface area contributed by atoms with E-state index < -0.39 is 5.25 Å². The number of thioether (sulfide) groups is 1. The van der Waals surface area contributed by atoms with Gasteiger partial charge in [0.25, 0.3) is 5.24 Å². The van der Waals surface area contributed by atoms with E-state index in [-0.39, 0.29) is 23.5 Å². The summed E-state index contributed by atoms with van der Waals surface area (Å²) in [6.07, 6.45) is 0.374. The predicted molar refractivity (Wildman–Crippen MR) is 109 cm³/mol. The van der Waals surface area contributed by atoms with Crippen LogP contribution in [0.5, 0.6) is 11.5 Å². The molecule has 0 N–H and O–H groups in total. The summed E-state index contributed by atoms with van der Waals surface area (Å²) in [7, 11) is 1.55. The van der Waals surface area contributed by atoms with Gasteiger partial charge in [0.15, 0.2) is 11.5 Å². The minimum Gasteiger partial charge on any atom is -0.493 e. The zero-order valence-electron chi connectivity index (χ0n) is 15.4. The van der Waals surface area contributed by atoms with Gasteiger partial charge in [0, 0.05) is 4.47 Å². The Morgan fingerprint density at radius 1 is 1.18 bits per heavy atom. The molecule has 1 aliphatic rings. The van der Waals surface area contributed by atoms with Crippen molar-refractivity contribution in [1.29, 1.82) is 0 Å². The molecule has 2 amide bonds. The zero-order valence-corrected chi connectivity index (χ0v) is 17.8. The van der Waals surface area contributed by atoms with Crippen molar-refractivity contribution in [2.24, 2.45) is 0 Å². The lowest BCUT2D eigenvalue weighted by Crippen LogP contribution is -2.31. The second kappa shape index (κ2) is 8.96. The number of carbonyl (C=O) groups excluding carboxylic acids is 2. The van der Waals surface area contributed by atoms with Gasteiger partial charge in [-0.2, -0.15) is 0 Å². The Morgan fingerprint density at radius 3 is 2.54 bits per heavy atom. The van der Waals surface area contributed by atoms with Gasteiger partial charge < -0.3 is 9.47 Å². The Morgan fingerprint density at radius 2 is 1.89 bits per heavy atom. The fraction of sp³-hybridized carbons (Fsp3) is 0.300. The second-order valence-corrected chi connectivity index (χ2v) is 8.16. The maximum Gasteiger partial charge on any atom is 0.289 e. The molecule has 0 bridgehead atoms. The normalized spacial score (nSPS) is 16.6. The molecule has 148 valence electrons. The SMILES string of the molecule is CCOc1cc(Br)c(C[C@@H]2SC(=O)N(Cc3ccc(F)cc3)C2=O)cc1OC. The van der Waals surface area contributed by atoms with Gasteiger partial charge in [-0.05, 0) is 48.7 Å². The number of carbonyl (C=O) groups is 2. The summed E-state index contributed by atoms with van der Waals surface area (Å²) in [5.74, 6) is 0.577. The van der Waals surface area contributed by atoms with Crippen LogP contribution in [0.25, 0.3) is 0 Å². The molecule has 1 saturated heterocycles. The first-order chi connectivity index (χ1) is 13.4. The van der Waals surface area contributed by atoms with Crippen molar-refractivity contribution >= 4 is 38.8 Å². The topological polar surface area (TPSA) is 55.8 Å². The Kier molecular flexibility index (Phi) is 6.61.